The number of esters is 2. The number of amides is 2. The molecule has 0 spiro atoms. The molecule has 19 nitrogen and oxygen atoms in total. The number of hydrogen-bond donors (Lipinski definition) is 1. The first-order valence-electron chi connectivity index (χ1n) is 30.9. The van der Waals surface area contributed by atoms with Gasteiger partial charge in [-0.3, -0.25) is 23.9 Å². The van der Waals surface area contributed by atoms with E-state index in [1.165, 1.54) is 21.3 Å². The van der Waals surface area contributed by atoms with Gasteiger partial charge in [0.25, 0.3) is 5.91 Å². The number of likely N-dealkylation sites (tertiary alicyclic amines) is 1. The number of aryl methyl sites for hydroxylation is 3. The van der Waals surface area contributed by atoms with Crippen LogP contribution in [0.3, 0.4) is 0 Å². The molecule has 21 heteroatoms. The topological polar surface area (TPSA) is 210 Å². The second kappa shape index (κ2) is 30.9. The zero-order valence-corrected chi connectivity index (χ0v) is 55.9. The van der Waals surface area contributed by atoms with Crippen molar-refractivity contribution < 1.29 is 61.8 Å². The van der Waals surface area contributed by atoms with Crippen LogP contribution in [0.4, 0.5) is 0 Å². The van der Waals surface area contributed by atoms with Gasteiger partial charge in [-0.25, -0.2) is 4.79 Å². The number of thiophene rings is 1. The van der Waals surface area contributed by atoms with E-state index in [1.807, 2.05) is 108 Å². The maximum atomic E-state index is 14.7. The van der Waals surface area contributed by atoms with E-state index >= 15 is 0 Å². The number of methoxy groups -OCH3 is 5. The third-order valence-corrected chi connectivity index (χ3v) is 18.6. The summed E-state index contributed by atoms with van der Waals surface area (Å²) in [5.41, 5.74) is 5.19. The third-order valence-electron chi connectivity index (χ3n) is 17.2. The highest BCUT2D eigenvalue weighted by Crippen LogP contribution is 2.44. The van der Waals surface area contributed by atoms with Gasteiger partial charge in [-0.05, 0) is 152 Å². The molecule has 7 atom stereocenters. The standard InChI is InChI=1S/C69H87ClN6O13S/c1-15-49(47-36-57(83-12)63(85-14)58(37-47)84-13)65(78)75-34-20-19-22-52(75)68(80)89-54(30-24-45-25-31-55(81-10)56(35-45)82-11)51-21-17-18-23-53(51)86-39-59(77)71-33-32-69(8,9)87-38-40(3)42(5)88-67(79)50(16-2)62-64-74-73-44(7)76(64)66-60(41(4)43(6)90-66)61(72-62)46-26-28-48(70)29-27-46/h17-18,21,23,25-29,31,35-37,40,42,49-50,52,54,62H,15-16,19-20,22,24,30,32-34,38-39H2,1-14H3,(H,71,77)/t40?,42?,49?,50-,52+,54-,62+/m1/s1. The fraction of sp³-hybridized carbons (Fsp3) is 0.493. The van der Waals surface area contributed by atoms with Crippen molar-refractivity contribution >= 4 is 52.4 Å². The lowest BCUT2D eigenvalue weighted by atomic mass is 9.91. The summed E-state index contributed by atoms with van der Waals surface area (Å²) in [6.07, 6.45) is 2.65. The van der Waals surface area contributed by atoms with Gasteiger partial charge in [-0.2, -0.15) is 0 Å². The molecule has 2 aliphatic rings. The lowest BCUT2D eigenvalue weighted by Crippen LogP contribution is -2.50. The number of para-hydroxylation sites is 1. The van der Waals surface area contributed by atoms with Gasteiger partial charge in [0.2, 0.25) is 11.7 Å². The summed E-state index contributed by atoms with van der Waals surface area (Å²) < 4.78 is 55.5. The SMILES string of the molecule is CCC(C(=O)N1CCCC[C@H]1C(=O)O[C@H](CCc1ccc(OC)c(OC)c1)c1ccccc1OCC(=O)NCCC(C)(C)OCC(C)C(C)OC(=O)[C@H](CC)[C@@H]1N=C(c2ccc(Cl)cc2)c2c(sc(C)c2C)-n2c(C)nnc21)c1cc(OC)c(OC)c(OC)c1. The van der Waals surface area contributed by atoms with Gasteiger partial charge in [0.15, 0.2) is 35.4 Å². The smallest absolute Gasteiger partial charge is 0.329 e. The van der Waals surface area contributed by atoms with Gasteiger partial charge < -0.3 is 52.8 Å². The van der Waals surface area contributed by atoms with Gasteiger partial charge in [0.1, 0.15) is 40.9 Å². The van der Waals surface area contributed by atoms with Crippen LogP contribution in [0.1, 0.15) is 154 Å². The molecule has 1 fully saturated rings. The number of nitrogens with one attached hydrogen (secondary N) is 1. The normalized spacial score (nSPS) is 16.4. The minimum absolute atomic E-state index is 0.195. The van der Waals surface area contributed by atoms with Gasteiger partial charge in [-0.15, -0.1) is 21.5 Å². The summed E-state index contributed by atoms with van der Waals surface area (Å²) in [5.74, 6) is 1.07. The molecule has 8 rings (SSSR count). The molecule has 4 heterocycles. The highest BCUT2D eigenvalue weighted by atomic mass is 35.5. The summed E-state index contributed by atoms with van der Waals surface area (Å²) in [4.78, 5) is 65.6. The molecule has 2 aromatic heterocycles. The summed E-state index contributed by atoms with van der Waals surface area (Å²) in [7, 11) is 7.73. The average molecular weight is 1280 g/mol. The Balaban J connectivity index is 0.895. The van der Waals surface area contributed by atoms with Crippen LogP contribution < -0.4 is 33.7 Å². The van der Waals surface area contributed by atoms with Crippen LogP contribution in [0, 0.1) is 32.6 Å². The first-order chi connectivity index (χ1) is 43.2. The number of carbonyl (C=O) groups is 4. The molecule has 3 unspecified atom stereocenters. The summed E-state index contributed by atoms with van der Waals surface area (Å²) in [5, 5.41) is 13.7. The van der Waals surface area contributed by atoms with Crippen molar-refractivity contribution in [3.05, 3.63) is 134 Å². The number of aliphatic imine (C=N–C) groups is 1. The largest absolute Gasteiger partial charge is 0.493 e. The fourth-order valence-corrected chi connectivity index (χ4v) is 12.9. The van der Waals surface area contributed by atoms with E-state index in [0.29, 0.717) is 107 Å². The Labute approximate surface area is 538 Å². The van der Waals surface area contributed by atoms with Crippen LogP contribution in [-0.2, 0) is 39.8 Å². The number of ether oxygens (including phenoxy) is 9. The molecular formula is C69H87ClN6O13S. The highest BCUT2D eigenvalue weighted by molar-refractivity contribution is 7.15. The van der Waals surface area contributed by atoms with E-state index in [-0.39, 0.29) is 43.5 Å². The molecule has 4 aromatic carbocycles. The van der Waals surface area contributed by atoms with Crippen molar-refractivity contribution in [3.63, 3.8) is 0 Å². The number of piperidine rings is 1. The maximum Gasteiger partial charge on any atom is 0.329 e. The first-order valence-corrected chi connectivity index (χ1v) is 32.1. The molecule has 0 bridgehead atoms. The van der Waals surface area contributed by atoms with E-state index in [1.54, 1.807) is 54.7 Å². The Hall–Kier alpha value is -7.68. The molecule has 2 aliphatic heterocycles. The summed E-state index contributed by atoms with van der Waals surface area (Å²) >= 11 is 8.00. The van der Waals surface area contributed by atoms with Crippen LogP contribution in [0.5, 0.6) is 34.5 Å². The molecule has 0 radical (unpaired) electrons. The highest BCUT2D eigenvalue weighted by Gasteiger charge is 2.41. The zero-order valence-electron chi connectivity index (χ0n) is 54.4. The summed E-state index contributed by atoms with van der Waals surface area (Å²) in [6, 6.07) is 22.5. The number of halogens is 1. The first kappa shape index (κ1) is 68.2. The third kappa shape index (κ3) is 15.7. The van der Waals surface area contributed by atoms with Crippen molar-refractivity contribution in [1.82, 2.24) is 25.0 Å². The van der Waals surface area contributed by atoms with E-state index in [0.717, 1.165) is 50.7 Å². The lowest BCUT2D eigenvalue weighted by Gasteiger charge is -2.37. The van der Waals surface area contributed by atoms with Crippen molar-refractivity contribution in [2.24, 2.45) is 16.8 Å². The fourth-order valence-electron chi connectivity index (χ4n) is 11.6. The Morgan fingerprint density at radius 1 is 0.800 bits per heavy atom. The van der Waals surface area contributed by atoms with Crippen LogP contribution in [0.25, 0.3) is 5.00 Å². The van der Waals surface area contributed by atoms with Crippen molar-refractivity contribution in [2.45, 2.75) is 149 Å². The van der Waals surface area contributed by atoms with Gasteiger partial charge in [0, 0.05) is 45.6 Å². The van der Waals surface area contributed by atoms with Gasteiger partial charge in [-0.1, -0.05) is 68.8 Å². The molecule has 484 valence electrons. The minimum atomic E-state index is -0.857. The number of aromatic nitrogens is 3. The van der Waals surface area contributed by atoms with Crippen LogP contribution in [0.2, 0.25) is 5.02 Å². The Kier molecular flexibility index (Phi) is 23.4. The molecule has 0 aliphatic carbocycles. The predicted octanol–water partition coefficient (Wildman–Crippen LogP) is 12.6. The monoisotopic (exact) mass is 1270 g/mol. The average Bonchev–Trinajstić information content (AvgIpc) is 2.88. The Morgan fingerprint density at radius 3 is 2.17 bits per heavy atom. The number of rotatable bonds is 29. The lowest BCUT2D eigenvalue weighted by molar-refractivity contribution is -0.162. The molecule has 1 saturated heterocycles. The number of carbonyl (C=O) groups excluding carboxylic acids is 4. The molecule has 90 heavy (non-hydrogen) atoms. The quantitative estimate of drug-likeness (QED) is 0.0433. The number of benzene rings is 4. The Morgan fingerprint density at radius 2 is 1.50 bits per heavy atom. The van der Waals surface area contributed by atoms with Gasteiger partial charge >= 0.3 is 11.9 Å². The summed E-state index contributed by atoms with van der Waals surface area (Å²) in [6.45, 7) is 18.4. The number of fused-ring (bicyclic) bond motifs is 3. The Bertz CT molecular complexity index is 3490. The van der Waals surface area contributed by atoms with Crippen molar-refractivity contribution in [3.8, 4) is 39.5 Å². The van der Waals surface area contributed by atoms with Gasteiger partial charge in [0.05, 0.1) is 65.3 Å². The van der Waals surface area contributed by atoms with Crippen molar-refractivity contribution in [1.29, 1.82) is 0 Å². The zero-order chi connectivity index (χ0) is 65.0. The van der Waals surface area contributed by atoms with Crippen LogP contribution >= 0.6 is 22.9 Å². The van der Waals surface area contributed by atoms with Crippen molar-refractivity contribution in [2.75, 3.05) is 61.9 Å². The second-order valence-corrected chi connectivity index (χ2v) is 25.2. The molecule has 1 N–H and O–H groups in total. The van der Waals surface area contributed by atoms with E-state index in [2.05, 4.69) is 29.4 Å². The van der Waals surface area contributed by atoms with Crippen LogP contribution in [0.15, 0.2) is 83.9 Å². The van der Waals surface area contributed by atoms with E-state index in [4.69, 9.17) is 59.2 Å². The molecular weight excluding hydrogens is 1190 g/mol. The molecule has 2 amide bonds. The van der Waals surface area contributed by atoms with E-state index in [9.17, 15) is 19.2 Å². The molecule has 6 aromatic rings. The maximum absolute atomic E-state index is 14.7. The van der Waals surface area contributed by atoms with E-state index < -0.39 is 47.7 Å². The van der Waals surface area contributed by atoms with Crippen LogP contribution in [-0.4, -0.2) is 129 Å². The number of hydrogen-bond acceptors (Lipinski definition) is 17. The predicted molar refractivity (Wildman–Crippen MR) is 347 cm³/mol. The second-order valence-electron chi connectivity index (χ2n) is 23.6. The number of nitrogens with zero attached hydrogens (tertiary/aromatic N) is 5. The minimum Gasteiger partial charge on any atom is -0.493 e. The molecule has 0 saturated carbocycles.